The molecular weight excluding hydrogens is 274 g/mol. The molecule has 1 aliphatic rings. The molecule has 0 bridgehead atoms. The lowest BCUT2D eigenvalue weighted by Crippen LogP contribution is -2.30. The Morgan fingerprint density at radius 3 is 2.60 bits per heavy atom. The van der Waals surface area contributed by atoms with Crippen LogP contribution < -0.4 is 5.32 Å². The van der Waals surface area contributed by atoms with Crippen molar-refractivity contribution in [2.75, 3.05) is 26.0 Å². The van der Waals surface area contributed by atoms with E-state index in [0.717, 1.165) is 31.7 Å². The number of hydrogen-bond donors (Lipinski definition) is 1. The fraction of sp³-hybridized carbons (Fsp3) is 0.600. The second-order valence-electron chi connectivity index (χ2n) is 5.55. The van der Waals surface area contributed by atoms with E-state index in [0.29, 0.717) is 10.8 Å². The second kappa shape index (κ2) is 6.70. The predicted molar refractivity (Wildman–Crippen MR) is 79.5 cm³/mol. The lowest BCUT2D eigenvalue weighted by atomic mass is 10.0. The summed E-state index contributed by atoms with van der Waals surface area (Å²) in [5, 5.41) is 3.50. The minimum absolute atomic E-state index is 0.213. The van der Waals surface area contributed by atoms with Crippen LogP contribution in [-0.2, 0) is 14.6 Å². The summed E-state index contributed by atoms with van der Waals surface area (Å²) < 4.78 is 28.3. The largest absolute Gasteiger partial charge is 0.381 e. The van der Waals surface area contributed by atoms with E-state index >= 15 is 0 Å². The molecule has 1 fully saturated rings. The molecule has 1 aromatic carbocycles. The maximum atomic E-state index is 11.4. The summed E-state index contributed by atoms with van der Waals surface area (Å²) in [7, 11) is -3.11. The quantitative estimate of drug-likeness (QED) is 0.905. The SMILES string of the molecule is CC(NCC1CCCOC1)c1ccc(S(C)(=O)=O)cc1. The maximum absolute atomic E-state index is 11.4. The third-order valence-corrected chi connectivity index (χ3v) is 4.90. The second-order valence-corrected chi connectivity index (χ2v) is 7.57. The number of hydrogen-bond acceptors (Lipinski definition) is 4. The van der Waals surface area contributed by atoms with Gasteiger partial charge in [0, 0.05) is 25.4 Å². The summed E-state index contributed by atoms with van der Waals surface area (Å²) in [6, 6.07) is 7.32. The zero-order valence-corrected chi connectivity index (χ0v) is 12.9. The third kappa shape index (κ3) is 4.30. The highest BCUT2D eigenvalue weighted by Crippen LogP contribution is 2.18. The van der Waals surface area contributed by atoms with Gasteiger partial charge < -0.3 is 10.1 Å². The molecule has 4 nitrogen and oxygen atoms in total. The first-order valence-electron chi connectivity index (χ1n) is 7.08. The molecule has 0 spiro atoms. The monoisotopic (exact) mass is 297 g/mol. The highest BCUT2D eigenvalue weighted by atomic mass is 32.2. The molecule has 1 aliphatic heterocycles. The molecule has 0 aromatic heterocycles. The third-order valence-electron chi connectivity index (χ3n) is 3.78. The van der Waals surface area contributed by atoms with Crippen LogP contribution in [0.15, 0.2) is 29.2 Å². The smallest absolute Gasteiger partial charge is 0.175 e. The van der Waals surface area contributed by atoms with E-state index < -0.39 is 9.84 Å². The molecule has 0 saturated carbocycles. The molecule has 1 heterocycles. The Bertz CT molecular complexity index is 519. The van der Waals surface area contributed by atoms with Crippen molar-refractivity contribution >= 4 is 9.84 Å². The van der Waals surface area contributed by atoms with Crippen molar-refractivity contribution in [1.29, 1.82) is 0 Å². The van der Waals surface area contributed by atoms with E-state index in [-0.39, 0.29) is 6.04 Å². The predicted octanol–water partition coefficient (Wildman–Crippen LogP) is 2.17. The topological polar surface area (TPSA) is 55.4 Å². The standard InChI is InChI=1S/C15H23NO3S/c1-12(16-10-13-4-3-9-19-11-13)14-5-7-15(8-6-14)20(2,17)18/h5-8,12-13,16H,3-4,9-11H2,1-2H3. The van der Waals surface area contributed by atoms with Gasteiger partial charge in [-0.25, -0.2) is 8.42 Å². The molecule has 5 heteroatoms. The summed E-state index contributed by atoms with van der Waals surface area (Å²) in [5.41, 5.74) is 1.11. The lowest BCUT2D eigenvalue weighted by molar-refractivity contribution is 0.0540. The van der Waals surface area contributed by atoms with Crippen molar-refractivity contribution < 1.29 is 13.2 Å². The van der Waals surface area contributed by atoms with Crippen LogP contribution in [0.1, 0.15) is 31.4 Å². The van der Waals surface area contributed by atoms with Gasteiger partial charge in [0.25, 0.3) is 0 Å². The summed E-state index contributed by atoms with van der Waals surface area (Å²) in [5.74, 6) is 0.585. The van der Waals surface area contributed by atoms with E-state index in [4.69, 9.17) is 4.74 Å². The van der Waals surface area contributed by atoms with Crippen LogP contribution in [0.4, 0.5) is 0 Å². The summed E-state index contributed by atoms with van der Waals surface area (Å²) in [6.45, 7) is 4.76. The molecule has 1 N–H and O–H groups in total. The van der Waals surface area contributed by atoms with Crippen molar-refractivity contribution in [1.82, 2.24) is 5.32 Å². The lowest BCUT2D eigenvalue weighted by Gasteiger charge is -2.24. The first-order valence-corrected chi connectivity index (χ1v) is 8.97. The van der Waals surface area contributed by atoms with Gasteiger partial charge in [-0.05, 0) is 43.4 Å². The molecular formula is C15H23NO3S. The summed E-state index contributed by atoms with van der Waals surface area (Å²) >= 11 is 0. The average molecular weight is 297 g/mol. The Balaban J connectivity index is 1.90. The van der Waals surface area contributed by atoms with Crippen molar-refractivity contribution in [3.63, 3.8) is 0 Å². The Morgan fingerprint density at radius 1 is 1.35 bits per heavy atom. The van der Waals surface area contributed by atoms with Gasteiger partial charge in [-0.2, -0.15) is 0 Å². The minimum atomic E-state index is -3.11. The van der Waals surface area contributed by atoms with E-state index in [1.807, 2.05) is 12.1 Å². The van der Waals surface area contributed by atoms with Crippen LogP contribution in [0.2, 0.25) is 0 Å². The summed E-state index contributed by atoms with van der Waals surface area (Å²) in [6.07, 6.45) is 3.59. The van der Waals surface area contributed by atoms with Crippen molar-refractivity contribution in [3.8, 4) is 0 Å². The van der Waals surface area contributed by atoms with Crippen LogP contribution in [0.3, 0.4) is 0 Å². The van der Waals surface area contributed by atoms with Gasteiger partial charge in [0.15, 0.2) is 9.84 Å². The van der Waals surface area contributed by atoms with Crippen LogP contribution in [-0.4, -0.2) is 34.4 Å². The zero-order chi connectivity index (χ0) is 14.6. The normalized spacial score (nSPS) is 21.6. The maximum Gasteiger partial charge on any atom is 0.175 e. The van der Waals surface area contributed by atoms with Gasteiger partial charge >= 0.3 is 0 Å². The molecule has 112 valence electrons. The average Bonchev–Trinajstić information content (AvgIpc) is 2.45. The van der Waals surface area contributed by atoms with Crippen LogP contribution in [0.25, 0.3) is 0 Å². The Morgan fingerprint density at radius 2 is 2.05 bits per heavy atom. The van der Waals surface area contributed by atoms with E-state index in [1.165, 1.54) is 12.7 Å². The van der Waals surface area contributed by atoms with Gasteiger partial charge in [0.2, 0.25) is 0 Å². The van der Waals surface area contributed by atoms with Gasteiger partial charge in [0.05, 0.1) is 11.5 Å². The van der Waals surface area contributed by atoms with Crippen molar-refractivity contribution in [2.24, 2.45) is 5.92 Å². The molecule has 0 aliphatic carbocycles. The molecule has 20 heavy (non-hydrogen) atoms. The van der Waals surface area contributed by atoms with E-state index in [9.17, 15) is 8.42 Å². The first kappa shape index (κ1) is 15.5. The molecule has 0 radical (unpaired) electrons. The van der Waals surface area contributed by atoms with Crippen molar-refractivity contribution in [2.45, 2.75) is 30.7 Å². The van der Waals surface area contributed by atoms with Gasteiger partial charge in [-0.1, -0.05) is 12.1 Å². The summed E-state index contributed by atoms with van der Waals surface area (Å²) in [4.78, 5) is 0.370. The zero-order valence-electron chi connectivity index (χ0n) is 12.1. The van der Waals surface area contributed by atoms with Gasteiger partial charge in [0.1, 0.15) is 0 Å². The van der Waals surface area contributed by atoms with Crippen LogP contribution in [0.5, 0.6) is 0 Å². The van der Waals surface area contributed by atoms with E-state index in [2.05, 4.69) is 12.2 Å². The highest BCUT2D eigenvalue weighted by molar-refractivity contribution is 7.90. The number of sulfone groups is 1. The van der Waals surface area contributed by atoms with E-state index in [1.54, 1.807) is 12.1 Å². The minimum Gasteiger partial charge on any atom is -0.381 e. The highest BCUT2D eigenvalue weighted by Gasteiger charge is 2.15. The fourth-order valence-electron chi connectivity index (χ4n) is 2.43. The van der Waals surface area contributed by atoms with Gasteiger partial charge in [-0.3, -0.25) is 0 Å². The fourth-order valence-corrected chi connectivity index (χ4v) is 3.06. The number of nitrogens with one attached hydrogen (secondary N) is 1. The molecule has 0 amide bonds. The van der Waals surface area contributed by atoms with Crippen LogP contribution >= 0.6 is 0 Å². The number of benzene rings is 1. The molecule has 2 rings (SSSR count). The molecule has 2 unspecified atom stereocenters. The Kier molecular flexibility index (Phi) is 5.18. The number of rotatable bonds is 5. The van der Waals surface area contributed by atoms with Crippen LogP contribution in [0, 0.1) is 5.92 Å². The molecule has 2 atom stereocenters. The van der Waals surface area contributed by atoms with Crippen molar-refractivity contribution in [3.05, 3.63) is 29.8 Å². The Hall–Kier alpha value is -0.910. The number of ether oxygens (including phenoxy) is 1. The first-order chi connectivity index (χ1) is 9.47. The van der Waals surface area contributed by atoms with Gasteiger partial charge in [-0.15, -0.1) is 0 Å². The Labute approximate surface area is 121 Å². The molecule has 1 saturated heterocycles. The molecule has 1 aromatic rings.